The third kappa shape index (κ3) is 4.40. The summed E-state index contributed by atoms with van der Waals surface area (Å²) in [7, 11) is 1.55. The first-order valence-electron chi connectivity index (χ1n) is 10.7. The zero-order valence-electron chi connectivity index (χ0n) is 17.8. The van der Waals surface area contributed by atoms with Crippen LogP contribution >= 0.6 is 0 Å². The van der Waals surface area contributed by atoms with Crippen LogP contribution in [0, 0.1) is 0 Å². The van der Waals surface area contributed by atoms with Gasteiger partial charge in [-0.3, -0.25) is 4.98 Å². The number of carbonyl (C=O) groups excluding carboxylic acids is 1. The fourth-order valence-electron chi connectivity index (χ4n) is 3.85. The van der Waals surface area contributed by atoms with Gasteiger partial charge in [-0.05, 0) is 31.4 Å². The van der Waals surface area contributed by atoms with Crippen molar-refractivity contribution in [2.24, 2.45) is 0 Å². The normalized spacial score (nSPS) is 16.5. The Morgan fingerprint density at radius 2 is 2.16 bits per heavy atom. The highest BCUT2D eigenvalue weighted by molar-refractivity contribution is 5.86. The number of likely N-dealkylation sites (tertiary alicyclic amines) is 1. The number of ether oxygens (including phenoxy) is 2. The number of aromatic amines is 1. The van der Waals surface area contributed by atoms with Gasteiger partial charge in [0.1, 0.15) is 11.3 Å². The lowest BCUT2D eigenvalue weighted by atomic mass is 9.98. The van der Waals surface area contributed by atoms with Gasteiger partial charge in [-0.15, -0.1) is 5.10 Å². The second kappa shape index (κ2) is 9.20. The van der Waals surface area contributed by atoms with E-state index in [4.69, 9.17) is 9.47 Å². The number of pyridine rings is 1. The van der Waals surface area contributed by atoms with Gasteiger partial charge in [0.15, 0.2) is 0 Å². The second-order valence-electron chi connectivity index (χ2n) is 7.68. The highest BCUT2D eigenvalue weighted by Crippen LogP contribution is 2.26. The zero-order valence-corrected chi connectivity index (χ0v) is 17.8. The number of rotatable bonds is 6. The summed E-state index contributed by atoms with van der Waals surface area (Å²) in [5.74, 6) is 0.975. The number of hydrogen-bond acceptors (Lipinski definition) is 6. The lowest BCUT2D eigenvalue weighted by Crippen LogP contribution is -2.39. The minimum atomic E-state index is -0.338. The SMILES string of the molecule is CCCCOC(=O)N1CCCC(c2nn(-c3cccc4ccc(OC)nc34)c(=O)[nH]2)C1. The van der Waals surface area contributed by atoms with Gasteiger partial charge in [-0.2, -0.15) is 4.68 Å². The van der Waals surface area contributed by atoms with Crippen molar-refractivity contribution in [3.8, 4) is 11.6 Å². The summed E-state index contributed by atoms with van der Waals surface area (Å²) in [4.78, 5) is 34.2. The number of hydrogen-bond donors (Lipinski definition) is 1. The monoisotopic (exact) mass is 425 g/mol. The lowest BCUT2D eigenvalue weighted by Gasteiger charge is -2.30. The number of methoxy groups -OCH3 is 1. The standard InChI is InChI=1S/C22H27N5O4/c1-3-4-13-31-22(29)26-12-6-8-16(14-26)20-24-21(28)27(25-20)17-9-5-7-15-10-11-18(30-2)23-19(15)17/h5,7,9-11,16H,3-4,6,8,12-14H2,1-2H3,(H,24,25,28). The number of H-pyrrole nitrogens is 1. The number of unbranched alkanes of at least 4 members (excludes halogenated alkanes) is 1. The predicted molar refractivity (Wildman–Crippen MR) is 116 cm³/mol. The molecule has 4 rings (SSSR count). The van der Waals surface area contributed by atoms with Crippen LogP contribution in [0.25, 0.3) is 16.6 Å². The molecule has 1 atom stereocenters. The first kappa shape index (κ1) is 20.9. The molecule has 1 amide bonds. The number of amides is 1. The Morgan fingerprint density at radius 3 is 2.97 bits per heavy atom. The summed E-state index contributed by atoms with van der Waals surface area (Å²) >= 11 is 0. The third-order valence-corrected chi connectivity index (χ3v) is 5.54. The van der Waals surface area contributed by atoms with Gasteiger partial charge in [-0.1, -0.05) is 25.5 Å². The molecule has 1 unspecified atom stereocenters. The molecule has 0 spiro atoms. The molecule has 1 fully saturated rings. The minimum absolute atomic E-state index is 0.0566. The molecule has 1 aliphatic heterocycles. The summed E-state index contributed by atoms with van der Waals surface area (Å²) in [6, 6.07) is 9.26. The number of nitrogens with one attached hydrogen (secondary N) is 1. The lowest BCUT2D eigenvalue weighted by molar-refractivity contribution is 0.0898. The van der Waals surface area contributed by atoms with Crippen LogP contribution in [0.4, 0.5) is 4.79 Å². The van der Waals surface area contributed by atoms with Crippen LogP contribution in [0.1, 0.15) is 44.3 Å². The van der Waals surface area contributed by atoms with E-state index in [9.17, 15) is 9.59 Å². The Morgan fingerprint density at radius 1 is 1.29 bits per heavy atom. The number of benzene rings is 1. The van der Waals surface area contributed by atoms with Crippen molar-refractivity contribution >= 4 is 17.0 Å². The van der Waals surface area contributed by atoms with Crippen molar-refractivity contribution in [2.45, 2.75) is 38.5 Å². The molecule has 0 bridgehead atoms. The van der Waals surface area contributed by atoms with Gasteiger partial charge >= 0.3 is 11.8 Å². The summed E-state index contributed by atoms with van der Waals surface area (Å²) in [6.45, 7) is 3.61. The summed E-state index contributed by atoms with van der Waals surface area (Å²) in [5, 5.41) is 5.45. The quantitative estimate of drug-likeness (QED) is 0.609. The van der Waals surface area contributed by atoms with Gasteiger partial charge in [0.2, 0.25) is 5.88 Å². The van der Waals surface area contributed by atoms with Crippen molar-refractivity contribution in [1.82, 2.24) is 24.6 Å². The van der Waals surface area contributed by atoms with Gasteiger partial charge < -0.3 is 14.4 Å². The summed E-state index contributed by atoms with van der Waals surface area (Å²) in [5.41, 5.74) is 0.872. The molecule has 1 aliphatic rings. The van der Waals surface area contributed by atoms with E-state index in [0.717, 1.165) is 31.1 Å². The molecule has 1 N–H and O–H groups in total. The number of carbonyl (C=O) groups is 1. The molecule has 0 radical (unpaired) electrons. The number of aromatic nitrogens is 4. The van der Waals surface area contributed by atoms with E-state index >= 15 is 0 Å². The summed E-state index contributed by atoms with van der Waals surface area (Å²) in [6.07, 6.45) is 3.20. The van der Waals surface area contributed by atoms with Crippen LogP contribution in [-0.2, 0) is 4.74 Å². The van der Waals surface area contributed by atoms with Crippen LogP contribution in [-0.4, -0.2) is 57.5 Å². The molecular formula is C22H27N5O4. The fraction of sp³-hybridized carbons (Fsp3) is 0.455. The molecule has 0 aliphatic carbocycles. The molecule has 9 heteroatoms. The van der Waals surface area contributed by atoms with Crippen LogP contribution in [0.15, 0.2) is 35.1 Å². The molecule has 9 nitrogen and oxygen atoms in total. The topological polar surface area (TPSA) is 102 Å². The van der Waals surface area contributed by atoms with Crippen LogP contribution in [0.5, 0.6) is 5.88 Å². The molecule has 0 saturated carbocycles. The predicted octanol–water partition coefficient (Wildman–Crippen LogP) is 3.23. The van der Waals surface area contributed by atoms with Crippen LogP contribution in [0.2, 0.25) is 0 Å². The van der Waals surface area contributed by atoms with Gasteiger partial charge in [-0.25, -0.2) is 14.6 Å². The molecular weight excluding hydrogens is 398 g/mol. The number of para-hydroxylation sites is 1. The maximum absolute atomic E-state index is 12.8. The van der Waals surface area contributed by atoms with E-state index in [-0.39, 0.29) is 17.7 Å². The number of piperidine rings is 1. The van der Waals surface area contributed by atoms with Crippen LogP contribution < -0.4 is 10.4 Å². The van der Waals surface area contributed by atoms with Gasteiger partial charge in [0, 0.05) is 30.5 Å². The van der Waals surface area contributed by atoms with E-state index in [0.29, 0.717) is 42.6 Å². The fourth-order valence-corrected chi connectivity index (χ4v) is 3.85. The smallest absolute Gasteiger partial charge is 0.409 e. The van der Waals surface area contributed by atoms with E-state index in [1.54, 1.807) is 24.1 Å². The maximum atomic E-state index is 12.8. The largest absolute Gasteiger partial charge is 0.481 e. The molecule has 164 valence electrons. The highest BCUT2D eigenvalue weighted by Gasteiger charge is 2.28. The first-order chi connectivity index (χ1) is 15.1. The Balaban J connectivity index is 1.59. The van der Waals surface area contributed by atoms with Crippen molar-refractivity contribution in [3.63, 3.8) is 0 Å². The van der Waals surface area contributed by atoms with Crippen LogP contribution in [0.3, 0.4) is 0 Å². The Bertz CT molecular complexity index is 1120. The molecule has 1 saturated heterocycles. The molecule has 1 aromatic carbocycles. The highest BCUT2D eigenvalue weighted by atomic mass is 16.6. The molecule has 31 heavy (non-hydrogen) atoms. The average Bonchev–Trinajstić information content (AvgIpc) is 3.19. The van der Waals surface area contributed by atoms with Gasteiger partial charge in [0.25, 0.3) is 0 Å². The Hall–Kier alpha value is -3.36. The van der Waals surface area contributed by atoms with Crippen molar-refractivity contribution < 1.29 is 14.3 Å². The molecule has 2 aromatic heterocycles. The second-order valence-corrected chi connectivity index (χ2v) is 7.68. The Labute approximate surface area is 180 Å². The molecule has 3 aromatic rings. The minimum Gasteiger partial charge on any atom is -0.481 e. The van der Waals surface area contributed by atoms with E-state index in [1.807, 2.05) is 18.2 Å². The molecule has 3 heterocycles. The van der Waals surface area contributed by atoms with E-state index in [1.165, 1.54) is 4.68 Å². The van der Waals surface area contributed by atoms with Crippen molar-refractivity contribution in [2.75, 3.05) is 26.8 Å². The van der Waals surface area contributed by atoms with Crippen molar-refractivity contribution in [1.29, 1.82) is 0 Å². The van der Waals surface area contributed by atoms with Crippen molar-refractivity contribution in [3.05, 3.63) is 46.6 Å². The zero-order chi connectivity index (χ0) is 21.8. The summed E-state index contributed by atoms with van der Waals surface area (Å²) < 4.78 is 11.9. The maximum Gasteiger partial charge on any atom is 0.409 e. The van der Waals surface area contributed by atoms with Gasteiger partial charge in [0.05, 0.1) is 19.4 Å². The first-order valence-corrected chi connectivity index (χ1v) is 10.7. The number of nitrogens with zero attached hydrogens (tertiary/aromatic N) is 4. The van der Waals surface area contributed by atoms with E-state index < -0.39 is 0 Å². The Kier molecular flexibility index (Phi) is 6.20. The number of fused-ring (bicyclic) bond motifs is 1. The third-order valence-electron chi connectivity index (χ3n) is 5.54. The average molecular weight is 425 g/mol. The van der Waals surface area contributed by atoms with E-state index in [2.05, 4.69) is 22.0 Å².